The van der Waals surface area contributed by atoms with Gasteiger partial charge in [0, 0.05) is 30.9 Å². The molecule has 0 aliphatic heterocycles. The maximum Gasteiger partial charge on any atom is 0.361 e. The number of rotatable bonds is 5. The first kappa shape index (κ1) is 20.6. The highest BCUT2D eigenvalue weighted by Crippen LogP contribution is 2.32. The fourth-order valence-corrected chi connectivity index (χ4v) is 3.00. The van der Waals surface area contributed by atoms with Gasteiger partial charge in [0.25, 0.3) is 0 Å². The third-order valence-corrected chi connectivity index (χ3v) is 4.74. The third kappa shape index (κ3) is 4.50. The second kappa shape index (κ2) is 8.11. The van der Waals surface area contributed by atoms with Crippen molar-refractivity contribution in [2.45, 2.75) is 33.1 Å². The fraction of sp³-hybridized carbons (Fsp3) is 0.333. The number of aromatic nitrogens is 1. The Kier molecular flexibility index (Phi) is 5.78. The molecule has 152 valence electrons. The van der Waals surface area contributed by atoms with Gasteiger partial charge in [0.05, 0.1) is 6.61 Å². The van der Waals surface area contributed by atoms with Crippen LogP contribution < -0.4 is 4.90 Å². The lowest BCUT2D eigenvalue weighted by Crippen LogP contribution is -2.10. The molecule has 0 amide bonds. The van der Waals surface area contributed by atoms with Crippen molar-refractivity contribution in [2.24, 2.45) is 0 Å². The summed E-state index contributed by atoms with van der Waals surface area (Å²) in [6.07, 6.45) is 0. The second-order valence-corrected chi connectivity index (χ2v) is 8.19. The Morgan fingerprint density at radius 3 is 2.10 bits per heavy atom. The molecule has 1 aromatic heterocycles. The largest absolute Gasteiger partial charge is 0.461 e. The predicted octanol–water partition coefficient (Wildman–Crippen LogP) is 5.55. The highest BCUT2D eigenvalue weighted by molar-refractivity contribution is 5.94. The average Bonchev–Trinajstić information content (AvgIpc) is 3.13. The lowest BCUT2D eigenvalue weighted by molar-refractivity contribution is 0.0520. The number of carbonyl (C=O) groups excluding carboxylic acids is 1. The van der Waals surface area contributed by atoms with E-state index in [-0.39, 0.29) is 17.7 Å². The Hall–Kier alpha value is -3.08. The molecule has 0 radical (unpaired) electrons. The topological polar surface area (TPSA) is 55.6 Å². The molecule has 29 heavy (non-hydrogen) atoms. The Balaban J connectivity index is 2.04. The first-order valence-corrected chi connectivity index (χ1v) is 9.77. The highest BCUT2D eigenvalue weighted by Gasteiger charge is 2.24. The maximum absolute atomic E-state index is 12.5. The summed E-state index contributed by atoms with van der Waals surface area (Å²) in [5, 5.41) is 0. The highest BCUT2D eigenvalue weighted by atomic mass is 16.5. The van der Waals surface area contributed by atoms with Crippen molar-refractivity contribution in [1.82, 2.24) is 4.98 Å². The molecule has 3 aromatic rings. The van der Waals surface area contributed by atoms with Gasteiger partial charge in [0.2, 0.25) is 5.89 Å². The van der Waals surface area contributed by atoms with E-state index in [0.717, 1.165) is 16.8 Å². The van der Waals surface area contributed by atoms with Crippen LogP contribution in [0.25, 0.3) is 22.8 Å². The number of nitrogens with zero attached hydrogens (tertiary/aromatic N) is 2. The molecule has 0 N–H and O–H groups in total. The number of benzene rings is 2. The molecule has 0 aliphatic rings. The Morgan fingerprint density at radius 1 is 1.00 bits per heavy atom. The minimum Gasteiger partial charge on any atom is -0.461 e. The van der Waals surface area contributed by atoms with Gasteiger partial charge in [0.1, 0.15) is 0 Å². The van der Waals surface area contributed by atoms with Gasteiger partial charge in [-0.3, -0.25) is 0 Å². The summed E-state index contributed by atoms with van der Waals surface area (Å²) in [5.74, 6) is 0.337. The quantitative estimate of drug-likeness (QED) is 0.533. The number of carbonyl (C=O) groups is 1. The van der Waals surface area contributed by atoms with Gasteiger partial charge in [0.15, 0.2) is 11.5 Å². The third-order valence-electron chi connectivity index (χ3n) is 4.74. The van der Waals surface area contributed by atoms with E-state index < -0.39 is 5.97 Å². The summed E-state index contributed by atoms with van der Waals surface area (Å²) < 4.78 is 11.3. The van der Waals surface area contributed by atoms with Crippen molar-refractivity contribution in [3.8, 4) is 22.8 Å². The lowest BCUT2D eigenvalue weighted by Gasteiger charge is -2.18. The van der Waals surface area contributed by atoms with E-state index in [1.54, 1.807) is 6.92 Å². The van der Waals surface area contributed by atoms with Crippen LogP contribution in [-0.4, -0.2) is 31.7 Å². The molecule has 0 spiro atoms. The van der Waals surface area contributed by atoms with Crippen LogP contribution in [0, 0.1) is 0 Å². The van der Waals surface area contributed by atoms with Gasteiger partial charge in [-0.25, -0.2) is 9.78 Å². The number of anilines is 1. The van der Waals surface area contributed by atoms with Crippen molar-refractivity contribution in [3.63, 3.8) is 0 Å². The van der Waals surface area contributed by atoms with Gasteiger partial charge in [-0.05, 0) is 54.3 Å². The van der Waals surface area contributed by atoms with Crippen LogP contribution >= 0.6 is 0 Å². The van der Waals surface area contributed by atoms with E-state index in [4.69, 9.17) is 9.15 Å². The number of oxazole rings is 1. The molecule has 0 saturated heterocycles. The number of ether oxygens (including phenoxy) is 1. The Bertz CT molecular complexity index is 978. The zero-order valence-corrected chi connectivity index (χ0v) is 17.9. The smallest absolute Gasteiger partial charge is 0.361 e. The minimum atomic E-state index is -0.486. The first-order chi connectivity index (χ1) is 13.7. The molecule has 2 aromatic carbocycles. The molecule has 0 atom stereocenters. The Morgan fingerprint density at radius 2 is 1.59 bits per heavy atom. The van der Waals surface area contributed by atoms with Gasteiger partial charge in [-0.15, -0.1) is 0 Å². The van der Waals surface area contributed by atoms with Crippen LogP contribution in [0.3, 0.4) is 0 Å². The van der Waals surface area contributed by atoms with Crippen molar-refractivity contribution in [2.75, 3.05) is 25.6 Å². The van der Waals surface area contributed by atoms with Crippen LogP contribution in [-0.2, 0) is 10.2 Å². The Labute approximate surface area is 172 Å². The summed E-state index contributed by atoms with van der Waals surface area (Å²) in [6, 6.07) is 15.9. The average molecular weight is 392 g/mol. The summed E-state index contributed by atoms with van der Waals surface area (Å²) in [6.45, 7) is 8.56. The molecular formula is C24H28N2O3. The van der Waals surface area contributed by atoms with Gasteiger partial charge >= 0.3 is 5.97 Å². The molecule has 0 bridgehead atoms. The van der Waals surface area contributed by atoms with Crippen molar-refractivity contribution in [1.29, 1.82) is 0 Å². The summed E-state index contributed by atoms with van der Waals surface area (Å²) >= 11 is 0. The number of esters is 1. The zero-order valence-electron chi connectivity index (χ0n) is 17.9. The van der Waals surface area contributed by atoms with Crippen LogP contribution in [0.1, 0.15) is 43.7 Å². The molecule has 0 aliphatic carbocycles. The molecule has 0 unspecified atom stereocenters. The summed E-state index contributed by atoms with van der Waals surface area (Å²) in [5.41, 5.74) is 4.13. The van der Waals surface area contributed by atoms with Crippen LogP contribution in [0.4, 0.5) is 5.69 Å². The van der Waals surface area contributed by atoms with E-state index >= 15 is 0 Å². The van der Waals surface area contributed by atoms with Gasteiger partial charge in [-0.1, -0.05) is 32.9 Å². The monoisotopic (exact) mass is 392 g/mol. The van der Waals surface area contributed by atoms with E-state index in [1.807, 2.05) is 55.4 Å². The molecule has 3 rings (SSSR count). The normalized spacial score (nSPS) is 11.4. The zero-order chi connectivity index (χ0) is 21.2. The molecule has 0 saturated carbocycles. The molecule has 1 heterocycles. The van der Waals surface area contributed by atoms with E-state index in [9.17, 15) is 4.79 Å². The number of hydrogen-bond donors (Lipinski definition) is 0. The van der Waals surface area contributed by atoms with Crippen LogP contribution in [0.15, 0.2) is 52.9 Å². The predicted molar refractivity (Wildman–Crippen MR) is 116 cm³/mol. The van der Waals surface area contributed by atoms with Crippen LogP contribution in [0.2, 0.25) is 0 Å². The lowest BCUT2D eigenvalue weighted by atomic mass is 9.87. The number of hydrogen-bond acceptors (Lipinski definition) is 5. The van der Waals surface area contributed by atoms with Crippen molar-refractivity contribution >= 4 is 11.7 Å². The molecule has 5 nitrogen and oxygen atoms in total. The maximum atomic E-state index is 12.5. The molecular weight excluding hydrogens is 364 g/mol. The first-order valence-electron chi connectivity index (χ1n) is 9.77. The van der Waals surface area contributed by atoms with E-state index in [0.29, 0.717) is 11.7 Å². The molecule has 5 heteroatoms. The minimum absolute atomic E-state index is 0.0601. The summed E-state index contributed by atoms with van der Waals surface area (Å²) in [4.78, 5) is 19.0. The summed E-state index contributed by atoms with van der Waals surface area (Å²) in [7, 11) is 3.96. The van der Waals surface area contributed by atoms with E-state index in [2.05, 4.69) is 37.9 Å². The van der Waals surface area contributed by atoms with Gasteiger partial charge in [-0.2, -0.15) is 0 Å². The van der Waals surface area contributed by atoms with Gasteiger partial charge < -0.3 is 14.1 Å². The van der Waals surface area contributed by atoms with Crippen molar-refractivity contribution < 1.29 is 13.9 Å². The standard InChI is InChI=1S/C24H28N2O3/c1-7-28-23(27)20-21(16-10-14-19(15-11-16)26(5)6)29-22(25-20)17-8-12-18(13-9-17)24(2,3)4/h8-15H,7H2,1-6H3. The van der Waals surface area contributed by atoms with Crippen LogP contribution in [0.5, 0.6) is 0 Å². The van der Waals surface area contributed by atoms with E-state index in [1.165, 1.54) is 5.56 Å². The second-order valence-electron chi connectivity index (χ2n) is 8.19. The fourth-order valence-electron chi connectivity index (χ4n) is 3.00. The SMILES string of the molecule is CCOC(=O)c1nc(-c2ccc(C(C)(C)C)cc2)oc1-c1ccc(N(C)C)cc1. The molecule has 0 fully saturated rings. The van der Waals surface area contributed by atoms with Crippen molar-refractivity contribution in [3.05, 3.63) is 59.8 Å².